The van der Waals surface area contributed by atoms with Gasteiger partial charge in [-0.25, -0.2) is 8.42 Å². The highest BCUT2D eigenvalue weighted by molar-refractivity contribution is 7.92. The Morgan fingerprint density at radius 3 is 2.35 bits per heavy atom. The van der Waals surface area contributed by atoms with E-state index in [9.17, 15) is 13.2 Å². The molecule has 0 radical (unpaired) electrons. The first kappa shape index (κ1) is 22.2. The van der Waals surface area contributed by atoms with Crippen molar-refractivity contribution in [3.8, 4) is 11.5 Å². The Kier molecular flexibility index (Phi) is 6.81. The van der Waals surface area contributed by atoms with Gasteiger partial charge in [0.15, 0.2) is 11.5 Å². The number of sulfonamides is 1. The van der Waals surface area contributed by atoms with Crippen LogP contribution in [0.5, 0.6) is 11.5 Å². The minimum atomic E-state index is -3.84. The molecule has 0 unspecified atom stereocenters. The molecule has 0 heterocycles. The van der Waals surface area contributed by atoms with Crippen LogP contribution < -0.4 is 19.5 Å². The molecule has 8 heteroatoms. The second-order valence-corrected chi connectivity index (χ2v) is 8.50. The zero-order valence-electron chi connectivity index (χ0n) is 17.5. The predicted octanol–water partition coefficient (Wildman–Crippen LogP) is 3.74. The average molecular weight is 441 g/mol. The number of para-hydroxylation sites is 1. The van der Waals surface area contributed by atoms with Crippen LogP contribution in [-0.2, 0) is 16.6 Å². The maximum Gasteiger partial charge on any atom is 0.261 e. The van der Waals surface area contributed by atoms with Crippen molar-refractivity contribution in [3.05, 3.63) is 83.4 Å². The third-order valence-corrected chi connectivity index (χ3v) is 6.06. The molecule has 2 N–H and O–H groups in total. The van der Waals surface area contributed by atoms with Gasteiger partial charge >= 0.3 is 0 Å². The van der Waals surface area contributed by atoms with Crippen molar-refractivity contribution in [2.75, 3.05) is 18.9 Å². The van der Waals surface area contributed by atoms with Gasteiger partial charge in [-0.2, -0.15) is 0 Å². The summed E-state index contributed by atoms with van der Waals surface area (Å²) in [6, 6.07) is 18.3. The Bertz CT molecular complexity index is 1190. The van der Waals surface area contributed by atoms with Crippen molar-refractivity contribution in [2.24, 2.45) is 0 Å². The molecule has 0 aliphatic heterocycles. The zero-order valence-corrected chi connectivity index (χ0v) is 18.3. The van der Waals surface area contributed by atoms with Crippen molar-refractivity contribution < 1.29 is 22.7 Å². The third kappa shape index (κ3) is 5.35. The third-order valence-electron chi connectivity index (χ3n) is 4.70. The Hall–Kier alpha value is -3.52. The van der Waals surface area contributed by atoms with E-state index in [1.54, 1.807) is 37.4 Å². The van der Waals surface area contributed by atoms with E-state index in [0.29, 0.717) is 17.2 Å². The molecule has 0 aliphatic rings. The fraction of sp³-hybridized carbons (Fsp3) is 0.174. The monoisotopic (exact) mass is 440 g/mol. The van der Waals surface area contributed by atoms with E-state index in [1.807, 2.05) is 25.1 Å². The summed E-state index contributed by atoms with van der Waals surface area (Å²) in [6.45, 7) is 2.06. The number of carbonyl (C=O) groups is 1. The van der Waals surface area contributed by atoms with Crippen molar-refractivity contribution >= 4 is 21.6 Å². The first-order valence-electron chi connectivity index (χ1n) is 9.51. The molecule has 1 amide bonds. The van der Waals surface area contributed by atoms with Gasteiger partial charge < -0.3 is 14.8 Å². The first-order chi connectivity index (χ1) is 14.8. The molecule has 3 rings (SSSR count). The average Bonchev–Trinajstić information content (AvgIpc) is 2.78. The number of nitrogens with one attached hydrogen (secondary N) is 2. The molecule has 7 nitrogen and oxygen atoms in total. The van der Waals surface area contributed by atoms with Gasteiger partial charge in [0.2, 0.25) is 0 Å². The molecule has 3 aromatic rings. The Labute approximate surface area is 182 Å². The second-order valence-electron chi connectivity index (χ2n) is 6.82. The molecule has 0 bridgehead atoms. The van der Waals surface area contributed by atoms with E-state index >= 15 is 0 Å². The number of anilines is 1. The lowest BCUT2D eigenvalue weighted by atomic mass is 10.1. The highest BCUT2D eigenvalue weighted by atomic mass is 32.2. The minimum absolute atomic E-state index is 0.00881. The normalized spacial score (nSPS) is 10.9. The van der Waals surface area contributed by atoms with Crippen LogP contribution in [-0.4, -0.2) is 28.5 Å². The summed E-state index contributed by atoms with van der Waals surface area (Å²) in [6.07, 6.45) is 0. The molecule has 0 fully saturated rings. The van der Waals surface area contributed by atoms with Gasteiger partial charge in [0, 0.05) is 12.1 Å². The summed E-state index contributed by atoms with van der Waals surface area (Å²) in [5.74, 6) is 0.768. The maximum absolute atomic E-state index is 12.8. The molecular weight excluding hydrogens is 416 g/mol. The summed E-state index contributed by atoms with van der Waals surface area (Å²) >= 11 is 0. The second kappa shape index (κ2) is 9.53. The maximum atomic E-state index is 12.8. The summed E-state index contributed by atoms with van der Waals surface area (Å²) in [5, 5.41) is 2.79. The number of hydrogen-bond donors (Lipinski definition) is 2. The molecule has 162 valence electrons. The number of aryl methyl sites for hydroxylation is 1. The topological polar surface area (TPSA) is 93.7 Å². The lowest BCUT2D eigenvalue weighted by Crippen LogP contribution is -2.23. The van der Waals surface area contributed by atoms with Gasteiger partial charge in [0.1, 0.15) is 0 Å². The summed E-state index contributed by atoms with van der Waals surface area (Å²) in [7, 11) is -0.747. The van der Waals surface area contributed by atoms with Crippen LogP contribution in [0.15, 0.2) is 71.6 Å². The van der Waals surface area contributed by atoms with Crippen molar-refractivity contribution in [3.63, 3.8) is 0 Å². The molecule has 0 spiro atoms. The van der Waals surface area contributed by atoms with Crippen LogP contribution in [0.2, 0.25) is 0 Å². The fourth-order valence-electron chi connectivity index (χ4n) is 2.97. The van der Waals surface area contributed by atoms with E-state index in [1.165, 1.54) is 25.3 Å². The number of benzene rings is 3. The molecule has 0 aliphatic carbocycles. The minimum Gasteiger partial charge on any atom is -0.493 e. The molecule has 0 aromatic heterocycles. The lowest BCUT2D eigenvalue weighted by Gasteiger charge is -2.12. The quantitative estimate of drug-likeness (QED) is 0.557. The Balaban J connectivity index is 1.73. The SMILES string of the molecule is COc1ccc(CNC(=O)c2cccc(S(=O)(=O)Nc3ccccc3C)c2)cc1OC. The summed E-state index contributed by atoms with van der Waals surface area (Å²) in [5.41, 5.74) is 2.35. The van der Waals surface area contributed by atoms with Gasteiger partial charge in [-0.1, -0.05) is 30.3 Å². The van der Waals surface area contributed by atoms with E-state index in [2.05, 4.69) is 10.0 Å². The van der Waals surface area contributed by atoms with Crippen LogP contribution in [0.4, 0.5) is 5.69 Å². The lowest BCUT2D eigenvalue weighted by molar-refractivity contribution is 0.0950. The molecule has 31 heavy (non-hydrogen) atoms. The number of amides is 1. The van der Waals surface area contributed by atoms with Gasteiger partial charge in [-0.15, -0.1) is 0 Å². The van der Waals surface area contributed by atoms with Crippen LogP contribution in [0.3, 0.4) is 0 Å². The largest absolute Gasteiger partial charge is 0.493 e. The highest BCUT2D eigenvalue weighted by Crippen LogP contribution is 2.27. The molecule has 0 atom stereocenters. The van der Waals surface area contributed by atoms with E-state index in [0.717, 1.165) is 11.1 Å². The van der Waals surface area contributed by atoms with Gasteiger partial charge in [-0.3, -0.25) is 9.52 Å². The summed E-state index contributed by atoms with van der Waals surface area (Å²) in [4.78, 5) is 12.6. The standard InChI is InChI=1S/C23H24N2O5S/c1-16-7-4-5-10-20(16)25-31(27,28)19-9-6-8-18(14-19)23(26)24-15-17-11-12-21(29-2)22(13-17)30-3/h4-14,25H,15H2,1-3H3,(H,24,26). The molecular formula is C23H24N2O5S. The number of carbonyl (C=O) groups excluding carboxylic acids is 1. The first-order valence-corrected chi connectivity index (χ1v) is 11.0. The van der Waals surface area contributed by atoms with Crippen LogP contribution >= 0.6 is 0 Å². The van der Waals surface area contributed by atoms with E-state index in [4.69, 9.17) is 9.47 Å². The van der Waals surface area contributed by atoms with Gasteiger partial charge in [0.25, 0.3) is 15.9 Å². The number of hydrogen-bond acceptors (Lipinski definition) is 5. The molecule has 0 saturated heterocycles. The zero-order chi connectivity index (χ0) is 22.4. The van der Waals surface area contributed by atoms with E-state index in [-0.39, 0.29) is 22.9 Å². The van der Waals surface area contributed by atoms with Crippen molar-refractivity contribution in [2.45, 2.75) is 18.4 Å². The highest BCUT2D eigenvalue weighted by Gasteiger charge is 2.17. The van der Waals surface area contributed by atoms with E-state index < -0.39 is 10.0 Å². The number of methoxy groups -OCH3 is 2. The van der Waals surface area contributed by atoms with Crippen LogP contribution in [0, 0.1) is 6.92 Å². The van der Waals surface area contributed by atoms with Crippen molar-refractivity contribution in [1.82, 2.24) is 5.32 Å². The van der Waals surface area contributed by atoms with Gasteiger partial charge in [0.05, 0.1) is 24.8 Å². The smallest absolute Gasteiger partial charge is 0.261 e. The summed E-state index contributed by atoms with van der Waals surface area (Å²) < 4.78 is 38.6. The predicted molar refractivity (Wildman–Crippen MR) is 119 cm³/mol. The Morgan fingerprint density at radius 2 is 1.65 bits per heavy atom. The van der Waals surface area contributed by atoms with Gasteiger partial charge in [-0.05, 0) is 54.4 Å². The molecule has 3 aromatic carbocycles. The Morgan fingerprint density at radius 1 is 0.903 bits per heavy atom. The number of ether oxygens (including phenoxy) is 2. The fourth-order valence-corrected chi connectivity index (χ4v) is 4.15. The van der Waals surface area contributed by atoms with Crippen LogP contribution in [0.1, 0.15) is 21.5 Å². The van der Waals surface area contributed by atoms with Crippen LogP contribution in [0.25, 0.3) is 0 Å². The number of rotatable bonds is 8. The molecule has 0 saturated carbocycles. The van der Waals surface area contributed by atoms with Crippen molar-refractivity contribution in [1.29, 1.82) is 0 Å².